The van der Waals surface area contributed by atoms with Gasteiger partial charge in [-0.25, -0.2) is 4.79 Å². The molecule has 2 aromatic rings. The normalized spacial score (nSPS) is 14.3. The number of rotatable bonds is 7. The van der Waals surface area contributed by atoms with E-state index >= 15 is 0 Å². The average molecular weight is 407 g/mol. The smallest absolute Gasteiger partial charge is 0.317 e. The predicted octanol–water partition coefficient (Wildman–Crippen LogP) is 5.29. The van der Waals surface area contributed by atoms with E-state index in [4.69, 9.17) is 27.9 Å². The quantitative estimate of drug-likeness (QED) is 0.634. The van der Waals surface area contributed by atoms with Crippen molar-refractivity contribution in [2.75, 3.05) is 19.6 Å². The third kappa shape index (κ3) is 4.95. The SMILES string of the molecule is CCCCNC(=O)N1CC(OC(c2ccccc2Cl)c2ccccc2Cl)C1. The average Bonchev–Trinajstić information content (AvgIpc) is 2.63. The highest BCUT2D eigenvalue weighted by atomic mass is 35.5. The second kappa shape index (κ2) is 9.45. The summed E-state index contributed by atoms with van der Waals surface area (Å²) in [7, 11) is 0. The van der Waals surface area contributed by atoms with Crippen molar-refractivity contribution in [3.8, 4) is 0 Å². The van der Waals surface area contributed by atoms with Crippen molar-refractivity contribution >= 4 is 29.2 Å². The van der Waals surface area contributed by atoms with Crippen molar-refractivity contribution in [3.05, 3.63) is 69.7 Å². The van der Waals surface area contributed by atoms with Crippen LogP contribution in [0.1, 0.15) is 37.0 Å². The van der Waals surface area contributed by atoms with E-state index in [0.717, 1.165) is 24.0 Å². The van der Waals surface area contributed by atoms with Gasteiger partial charge in [-0.2, -0.15) is 0 Å². The largest absolute Gasteiger partial charge is 0.362 e. The molecule has 144 valence electrons. The summed E-state index contributed by atoms with van der Waals surface area (Å²) in [4.78, 5) is 13.9. The van der Waals surface area contributed by atoms with Crippen molar-refractivity contribution < 1.29 is 9.53 Å². The van der Waals surface area contributed by atoms with Crippen molar-refractivity contribution in [1.82, 2.24) is 10.2 Å². The molecule has 0 spiro atoms. The third-order valence-corrected chi connectivity index (χ3v) is 5.33. The summed E-state index contributed by atoms with van der Waals surface area (Å²) >= 11 is 12.8. The zero-order valence-corrected chi connectivity index (χ0v) is 16.8. The van der Waals surface area contributed by atoms with E-state index in [1.54, 1.807) is 4.90 Å². The minimum absolute atomic E-state index is 0.0321. The number of halogens is 2. The summed E-state index contributed by atoms with van der Waals surface area (Å²) in [6.07, 6.45) is 1.62. The molecule has 0 aromatic heterocycles. The van der Waals surface area contributed by atoms with Gasteiger partial charge >= 0.3 is 6.03 Å². The van der Waals surface area contributed by atoms with E-state index in [9.17, 15) is 4.79 Å². The van der Waals surface area contributed by atoms with Gasteiger partial charge in [-0.15, -0.1) is 0 Å². The van der Waals surface area contributed by atoms with Gasteiger partial charge in [0.05, 0.1) is 19.2 Å². The van der Waals surface area contributed by atoms with E-state index in [2.05, 4.69) is 12.2 Å². The number of nitrogens with one attached hydrogen (secondary N) is 1. The molecule has 2 amide bonds. The fourth-order valence-corrected chi connectivity index (χ4v) is 3.53. The molecule has 0 radical (unpaired) electrons. The lowest BCUT2D eigenvalue weighted by atomic mass is 10.0. The first-order chi connectivity index (χ1) is 13.1. The number of hydrogen-bond acceptors (Lipinski definition) is 2. The Hall–Kier alpha value is -1.75. The van der Waals surface area contributed by atoms with Gasteiger partial charge < -0.3 is 15.0 Å². The Morgan fingerprint density at radius 2 is 1.67 bits per heavy atom. The molecule has 1 fully saturated rings. The molecule has 1 heterocycles. The van der Waals surface area contributed by atoms with E-state index in [1.165, 1.54) is 0 Å². The lowest BCUT2D eigenvalue weighted by Crippen LogP contribution is -2.58. The summed E-state index contributed by atoms with van der Waals surface area (Å²) < 4.78 is 6.34. The minimum atomic E-state index is -0.372. The number of hydrogen-bond donors (Lipinski definition) is 1. The number of nitrogens with zero attached hydrogens (tertiary/aromatic N) is 1. The van der Waals surface area contributed by atoms with Crippen LogP contribution in [0, 0.1) is 0 Å². The maximum atomic E-state index is 12.1. The number of ether oxygens (including phenoxy) is 1. The van der Waals surface area contributed by atoms with Gasteiger partial charge in [0.25, 0.3) is 0 Å². The predicted molar refractivity (Wildman–Crippen MR) is 109 cm³/mol. The Morgan fingerprint density at radius 1 is 1.11 bits per heavy atom. The molecule has 2 aromatic carbocycles. The molecule has 1 aliphatic heterocycles. The van der Waals surface area contributed by atoms with Crippen LogP contribution in [0.5, 0.6) is 0 Å². The van der Waals surface area contributed by atoms with Crippen LogP contribution in [0.4, 0.5) is 4.79 Å². The van der Waals surface area contributed by atoms with Gasteiger partial charge in [0.1, 0.15) is 6.10 Å². The van der Waals surface area contributed by atoms with Crippen LogP contribution in [0.25, 0.3) is 0 Å². The highest BCUT2D eigenvalue weighted by molar-refractivity contribution is 6.32. The maximum Gasteiger partial charge on any atom is 0.317 e. The van der Waals surface area contributed by atoms with E-state index in [1.807, 2.05) is 48.5 Å². The summed E-state index contributed by atoms with van der Waals surface area (Å²) in [5, 5.41) is 4.20. The van der Waals surface area contributed by atoms with E-state index in [-0.39, 0.29) is 18.2 Å². The molecule has 1 N–H and O–H groups in total. The molecule has 4 nitrogen and oxygen atoms in total. The number of unbranched alkanes of at least 4 members (excludes halogenated alkanes) is 1. The Morgan fingerprint density at radius 3 is 2.19 bits per heavy atom. The monoisotopic (exact) mass is 406 g/mol. The minimum Gasteiger partial charge on any atom is -0.362 e. The molecule has 27 heavy (non-hydrogen) atoms. The highest BCUT2D eigenvalue weighted by Crippen LogP contribution is 2.36. The summed E-state index contributed by atoms with van der Waals surface area (Å²) in [6, 6.07) is 15.2. The van der Waals surface area contributed by atoms with E-state index < -0.39 is 0 Å². The van der Waals surface area contributed by atoms with Crippen LogP contribution in [-0.2, 0) is 4.74 Å². The van der Waals surface area contributed by atoms with E-state index in [0.29, 0.717) is 29.7 Å². The molecule has 0 atom stereocenters. The molecule has 0 bridgehead atoms. The van der Waals surface area contributed by atoms with Gasteiger partial charge in [-0.3, -0.25) is 0 Å². The van der Waals surface area contributed by atoms with Gasteiger partial charge in [-0.1, -0.05) is 72.9 Å². The van der Waals surface area contributed by atoms with Gasteiger partial charge in [0.2, 0.25) is 0 Å². The first-order valence-corrected chi connectivity index (χ1v) is 10.0. The summed E-state index contributed by atoms with van der Waals surface area (Å²) in [5.41, 5.74) is 1.75. The molecule has 3 rings (SSSR count). The molecule has 0 saturated carbocycles. The Bertz CT molecular complexity index is 733. The first-order valence-electron chi connectivity index (χ1n) is 9.27. The van der Waals surface area contributed by atoms with Gasteiger partial charge in [0, 0.05) is 27.7 Å². The number of benzene rings is 2. The van der Waals surface area contributed by atoms with Crippen LogP contribution in [0.2, 0.25) is 10.0 Å². The van der Waals surface area contributed by atoms with Crippen LogP contribution in [0.15, 0.2) is 48.5 Å². The molecule has 1 aliphatic rings. The molecular formula is C21H24Cl2N2O2. The molecule has 0 unspecified atom stereocenters. The van der Waals surface area contributed by atoms with Crippen molar-refractivity contribution in [1.29, 1.82) is 0 Å². The lowest BCUT2D eigenvalue weighted by Gasteiger charge is -2.40. The van der Waals surface area contributed by atoms with Crippen molar-refractivity contribution in [2.45, 2.75) is 32.0 Å². The third-order valence-electron chi connectivity index (χ3n) is 4.65. The Kier molecular flexibility index (Phi) is 7.00. The van der Waals surface area contributed by atoms with Gasteiger partial charge in [0.15, 0.2) is 0 Å². The van der Waals surface area contributed by atoms with Crippen LogP contribution in [-0.4, -0.2) is 36.7 Å². The number of amides is 2. The number of carbonyl (C=O) groups excluding carboxylic acids is 1. The van der Waals surface area contributed by atoms with Crippen molar-refractivity contribution in [3.63, 3.8) is 0 Å². The first kappa shape index (κ1) is 20.0. The molecule has 0 aliphatic carbocycles. The standard InChI is InChI=1S/C21H24Cl2N2O2/c1-2-3-12-24-21(26)25-13-15(14-25)27-20(16-8-4-6-10-18(16)22)17-9-5-7-11-19(17)23/h4-11,15,20H,2-3,12-14H2,1H3,(H,24,26). The second-order valence-electron chi connectivity index (χ2n) is 6.67. The number of urea groups is 1. The molecular weight excluding hydrogens is 383 g/mol. The zero-order chi connectivity index (χ0) is 19.2. The molecule has 6 heteroatoms. The summed E-state index contributed by atoms with van der Waals surface area (Å²) in [5.74, 6) is 0. The fraction of sp³-hybridized carbons (Fsp3) is 0.381. The van der Waals surface area contributed by atoms with Crippen molar-refractivity contribution in [2.24, 2.45) is 0 Å². The molecule has 1 saturated heterocycles. The second-order valence-corrected chi connectivity index (χ2v) is 7.49. The number of carbonyl (C=O) groups is 1. The Balaban J connectivity index is 1.69. The van der Waals surface area contributed by atoms with Crippen LogP contribution < -0.4 is 5.32 Å². The van der Waals surface area contributed by atoms with Crippen LogP contribution >= 0.6 is 23.2 Å². The van der Waals surface area contributed by atoms with Crippen LogP contribution in [0.3, 0.4) is 0 Å². The highest BCUT2D eigenvalue weighted by Gasteiger charge is 2.34. The topological polar surface area (TPSA) is 41.6 Å². The lowest BCUT2D eigenvalue weighted by molar-refractivity contribution is -0.0644. The fourth-order valence-electron chi connectivity index (χ4n) is 3.06. The maximum absolute atomic E-state index is 12.1. The zero-order valence-electron chi connectivity index (χ0n) is 15.3. The Labute approximate surface area is 170 Å². The summed E-state index contributed by atoms with van der Waals surface area (Å²) in [6.45, 7) is 3.93. The number of likely N-dealkylation sites (tertiary alicyclic amines) is 1. The van der Waals surface area contributed by atoms with Gasteiger partial charge in [-0.05, 0) is 18.6 Å².